The van der Waals surface area contributed by atoms with E-state index in [-0.39, 0.29) is 36.0 Å². The number of likely N-dealkylation sites (N-methyl/N-ethyl adjacent to an activating group) is 1. The minimum atomic E-state index is -2.92. The van der Waals surface area contributed by atoms with Crippen LogP contribution in [0.25, 0.3) is 0 Å². The molecule has 2 saturated heterocycles. The number of likely N-dealkylation sites (tertiary alicyclic amines) is 1. The van der Waals surface area contributed by atoms with E-state index in [2.05, 4.69) is 41.4 Å². The van der Waals surface area contributed by atoms with Gasteiger partial charge in [-0.2, -0.15) is 0 Å². The maximum Gasteiger partial charge on any atom is 0.234 e. The molecule has 1 aliphatic carbocycles. The van der Waals surface area contributed by atoms with Gasteiger partial charge in [0.15, 0.2) is 9.84 Å². The van der Waals surface area contributed by atoms with Crippen LogP contribution in [0.2, 0.25) is 0 Å². The molecule has 0 radical (unpaired) electrons. The number of carbonyl (C=O) groups is 1. The Labute approximate surface area is 180 Å². The maximum absolute atomic E-state index is 12.5. The second kappa shape index (κ2) is 8.60. The van der Waals surface area contributed by atoms with Gasteiger partial charge in [-0.1, -0.05) is 29.8 Å². The lowest BCUT2D eigenvalue weighted by molar-refractivity contribution is -0.123. The van der Waals surface area contributed by atoms with Crippen LogP contribution in [0.4, 0.5) is 0 Å². The Kier molecular flexibility index (Phi) is 6.24. The Morgan fingerprint density at radius 3 is 2.40 bits per heavy atom. The predicted octanol–water partition coefficient (Wildman–Crippen LogP) is 1.73. The van der Waals surface area contributed by atoms with Crippen molar-refractivity contribution in [1.82, 2.24) is 15.1 Å². The van der Waals surface area contributed by atoms with E-state index >= 15 is 0 Å². The Morgan fingerprint density at radius 2 is 1.83 bits per heavy atom. The number of aryl methyl sites for hydroxylation is 1. The summed E-state index contributed by atoms with van der Waals surface area (Å²) < 4.78 is 23.3. The first-order valence-electron chi connectivity index (χ1n) is 11.2. The fourth-order valence-corrected chi connectivity index (χ4v) is 6.82. The third-order valence-corrected chi connectivity index (χ3v) is 8.97. The highest BCUT2D eigenvalue weighted by Gasteiger charge is 2.45. The number of rotatable bonds is 7. The van der Waals surface area contributed by atoms with Crippen LogP contribution in [0.1, 0.15) is 43.2 Å². The molecular weight excluding hydrogens is 398 g/mol. The van der Waals surface area contributed by atoms with Crippen LogP contribution in [-0.4, -0.2) is 80.9 Å². The van der Waals surface area contributed by atoms with Gasteiger partial charge in [0.05, 0.1) is 18.1 Å². The van der Waals surface area contributed by atoms with E-state index in [4.69, 9.17) is 0 Å². The SMILES string of the molecule is Cc1ccc(C2(CN3CCC(NC(=O)CN(C)[C@H]4CCS(=O)(=O)C4)CC3)CC2)cc1. The molecule has 1 N–H and O–H groups in total. The van der Waals surface area contributed by atoms with Crippen LogP contribution in [0, 0.1) is 6.92 Å². The molecule has 1 saturated carbocycles. The fourth-order valence-electron chi connectivity index (χ4n) is 5.01. The quantitative estimate of drug-likeness (QED) is 0.709. The zero-order valence-corrected chi connectivity index (χ0v) is 19.1. The largest absolute Gasteiger partial charge is 0.352 e. The van der Waals surface area contributed by atoms with E-state index in [1.165, 1.54) is 24.0 Å². The Bertz CT molecular complexity index is 856. The van der Waals surface area contributed by atoms with Gasteiger partial charge in [0.25, 0.3) is 0 Å². The lowest BCUT2D eigenvalue weighted by atomic mass is 9.93. The molecule has 1 amide bonds. The number of benzene rings is 1. The van der Waals surface area contributed by atoms with Gasteiger partial charge in [-0.05, 0) is 51.6 Å². The molecule has 3 fully saturated rings. The average molecular weight is 434 g/mol. The molecule has 30 heavy (non-hydrogen) atoms. The number of amides is 1. The summed E-state index contributed by atoms with van der Waals surface area (Å²) in [5.41, 5.74) is 3.13. The number of carbonyl (C=O) groups excluding carboxylic acids is 1. The van der Waals surface area contributed by atoms with Crippen molar-refractivity contribution in [2.24, 2.45) is 0 Å². The van der Waals surface area contributed by atoms with Crippen molar-refractivity contribution in [3.8, 4) is 0 Å². The summed E-state index contributed by atoms with van der Waals surface area (Å²) in [6.07, 6.45) is 5.15. The molecule has 166 valence electrons. The van der Waals surface area contributed by atoms with Crippen molar-refractivity contribution in [3.05, 3.63) is 35.4 Å². The van der Waals surface area contributed by atoms with Gasteiger partial charge in [0, 0.05) is 37.1 Å². The van der Waals surface area contributed by atoms with Crippen molar-refractivity contribution < 1.29 is 13.2 Å². The Morgan fingerprint density at radius 1 is 1.17 bits per heavy atom. The first-order valence-corrected chi connectivity index (χ1v) is 13.1. The molecular formula is C23H35N3O3S. The molecule has 7 heteroatoms. The van der Waals surface area contributed by atoms with Crippen molar-refractivity contribution in [3.63, 3.8) is 0 Å². The molecule has 2 heterocycles. The third kappa shape index (κ3) is 5.24. The van der Waals surface area contributed by atoms with Crippen molar-refractivity contribution in [2.75, 3.05) is 44.7 Å². The zero-order valence-electron chi connectivity index (χ0n) is 18.3. The summed E-state index contributed by atoms with van der Waals surface area (Å²) in [5.74, 6) is 0.433. The minimum Gasteiger partial charge on any atom is -0.352 e. The second-order valence-electron chi connectivity index (χ2n) is 9.74. The van der Waals surface area contributed by atoms with Gasteiger partial charge in [-0.3, -0.25) is 9.69 Å². The monoisotopic (exact) mass is 433 g/mol. The van der Waals surface area contributed by atoms with E-state index in [0.29, 0.717) is 11.8 Å². The molecule has 1 aromatic rings. The lowest BCUT2D eigenvalue weighted by Crippen LogP contribution is -2.49. The zero-order chi connectivity index (χ0) is 21.4. The number of nitrogens with zero attached hydrogens (tertiary/aromatic N) is 2. The van der Waals surface area contributed by atoms with Gasteiger partial charge < -0.3 is 10.2 Å². The van der Waals surface area contributed by atoms with Crippen LogP contribution in [0.15, 0.2) is 24.3 Å². The Hall–Kier alpha value is -1.44. The summed E-state index contributed by atoms with van der Waals surface area (Å²) >= 11 is 0. The number of hydrogen-bond acceptors (Lipinski definition) is 5. The molecule has 4 rings (SSSR count). The summed E-state index contributed by atoms with van der Waals surface area (Å²) in [6, 6.07) is 9.22. The van der Waals surface area contributed by atoms with E-state index in [0.717, 1.165) is 32.5 Å². The number of hydrogen-bond donors (Lipinski definition) is 1. The van der Waals surface area contributed by atoms with E-state index in [1.54, 1.807) is 0 Å². The molecule has 3 aliphatic rings. The smallest absolute Gasteiger partial charge is 0.234 e. The van der Waals surface area contributed by atoms with Crippen molar-refractivity contribution >= 4 is 15.7 Å². The standard InChI is InChI=1S/C23H35N3O3S/c1-18-3-5-19(6-4-18)23(10-11-23)17-26-12-7-20(8-13-26)24-22(27)15-25(2)21-9-14-30(28,29)16-21/h3-6,20-21H,7-17H2,1-2H3,(H,24,27)/t21-/m0/s1. The van der Waals surface area contributed by atoms with Crippen LogP contribution in [0.5, 0.6) is 0 Å². The number of piperidine rings is 1. The van der Waals surface area contributed by atoms with Crippen LogP contribution in [0.3, 0.4) is 0 Å². The highest BCUT2D eigenvalue weighted by Crippen LogP contribution is 2.49. The van der Waals surface area contributed by atoms with Crippen molar-refractivity contribution in [1.29, 1.82) is 0 Å². The predicted molar refractivity (Wildman–Crippen MR) is 119 cm³/mol. The minimum absolute atomic E-state index is 0.0126. The van der Waals surface area contributed by atoms with Crippen LogP contribution < -0.4 is 5.32 Å². The maximum atomic E-state index is 12.5. The highest BCUT2D eigenvalue weighted by atomic mass is 32.2. The van der Waals surface area contributed by atoms with Gasteiger partial charge in [0.2, 0.25) is 5.91 Å². The van der Waals surface area contributed by atoms with E-state index in [1.807, 2.05) is 11.9 Å². The fraction of sp³-hybridized carbons (Fsp3) is 0.696. The average Bonchev–Trinajstić information content (AvgIpc) is 3.38. The topological polar surface area (TPSA) is 69.7 Å². The number of nitrogens with one attached hydrogen (secondary N) is 1. The van der Waals surface area contributed by atoms with Crippen LogP contribution in [-0.2, 0) is 20.0 Å². The third-order valence-electron chi connectivity index (χ3n) is 7.22. The Balaban J connectivity index is 1.20. The van der Waals surface area contributed by atoms with E-state index in [9.17, 15) is 13.2 Å². The summed E-state index contributed by atoms with van der Waals surface area (Å²) in [5, 5.41) is 3.17. The molecule has 6 nitrogen and oxygen atoms in total. The first kappa shape index (κ1) is 21.8. The summed E-state index contributed by atoms with van der Waals surface area (Å²) in [6.45, 7) is 5.58. The molecule has 1 atom stereocenters. The van der Waals surface area contributed by atoms with Crippen molar-refractivity contribution in [2.45, 2.75) is 56.5 Å². The van der Waals surface area contributed by atoms with Crippen LogP contribution >= 0.6 is 0 Å². The van der Waals surface area contributed by atoms with Gasteiger partial charge in [-0.25, -0.2) is 8.42 Å². The molecule has 0 bridgehead atoms. The molecule has 0 spiro atoms. The van der Waals surface area contributed by atoms with E-state index < -0.39 is 9.84 Å². The molecule has 2 aliphatic heterocycles. The van der Waals surface area contributed by atoms with Gasteiger partial charge in [0.1, 0.15) is 0 Å². The molecule has 0 aromatic heterocycles. The molecule has 0 unspecified atom stereocenters. The second-order valence-corrected chi connectivity index (χ2v) is 12.0. The number of sulfone groups is 1. The summed E-state index contributed by atoms with van der Waals surface area (Å²) in [7, 11) is -1.07. The normalized spacial score (nSPS) is 26.0. The lowest BCUT2D eigenvalue weighted by Gasteiger charge is -2.35. The van der Waals surface area contributed by atoms with Gasteiger partial charge in [-0.15, -0.1) is 0 Å². The van der Waals surface area contributed by atoms with Gasteiger partial charge >= 0.3 is 0 Å². The first-order chi connectivity index (χ1) is 14.2. The highest BCUT2D eigenvalue weighted by molar-refractivity contribution is 7.91. The molecule has 1 aromatic carbocycles. The summed E-state index contributed by atoms with van der Waals surface area (Å²) in [4.78, 5) is 16.9.